The maximum atomic E-state index is 13.5. The van der Waals surface area contributed by atoms with E-state index in [1.807, 2.05) is 49.1 Å². The summed E-state index contributed by atoms with van der Waals surface area (Å²) in [4.78, 5) is 41.3. The molecule has 1 aromatic heterocycles. The zero-order chi connectivity index (χ0) is 26.6. The Morgan fingerprint density at radius 2 is 1.79 bits per heavy atom. The smallest absolute Gasteiger partial charge is 0.253 e. The van der Waals surface area contributed by atoms with Crippen LogP contribution in [0.3, 0.4) is 0 Å². The fourth-order valence-electron chi connectivity index (χ4n) is 6.37. The molecule has 2 aromatic rings. The van der Waals surface area contributed by atoms with Gasteiger partial charge in [0.05, 0.1) is 6.04 Å². The third-order valence-corrected chi connectivity index (χ3v) is 8.74. The Hall–Kier alpha value is -3.16. The van der Waals surface area contributed by atoms with Gasteiger partial charge in [0.1, 0.15) is 5.82 Å². The predicted molar refractivity (Wildman–Crippen MR) is 151 cm³/mol. The number of anilines is 2. The van der Waals surface area contributed by atoms with Gasteiger partial charge in [-0.25, -0.2) is 4.98 Å². The summed E-state index contributed by atoms with van der Waals surface area (Å²) in [5.41, 5.74) is 3.08. The van der Waals surface area contributed by atoms with Gasteiger partial charge in [0.2, 0.25) is 11.9 Å². The Bertz CT molecular complexity index is 1140. The van der Waals surface area contributed by atoms with E-state index < -0.39 is 0 Å². The number of nitrogens with zero attached hydrogens (tertiary/aromatic N) is 5. The van der Waals surface area contributed by atoms with E-state index in [9.17, 15) is 9.59 Å². The molecule has 1 N–H and O–H groups in total. The first-order chi connectivity index (χ1) is 18.4. The molecule has 0 radical (unpaired) electrons. The van der Waals surface area contributed by atoms with Crippen molar-refractivity contribution >= 4 is 23.6 Å². The van der Waals surface area contributed by atoms with Crippen LogP contribution < -0.4 is 15.1 Å². The van der Waals surface area contributed by atoms with Crippen molar-refractivity contribution in [3.8, 4) is 0 Å². The fraction of sp³-hybridized carbons (Fsp3) is 0.600. The second-order valence-corrected chi connectivity index (χ2v) is 11.5. The van der Waals surface area contributed by atoms with E-state index in [-0.39, 0.29) is 23.9 Å². The number of piperidine rings is 1. The van der Waals surface area contributed by atoms with Crippen molar-refractivity contribution in [2.24, 2.45) is 5.92 Å². The van der Waals surface area contributed by atoms with E-state index in [1.54, 1.807) is 6.20 Å². The van der Waals surface area contributed by atoms with Crippen molar-refractivity contribution in [2.75, 3.05) is 44.0 Å². The number of carbonyl (C=O) groups excluding carboxylic acids is 2. The van der Waals surface area contributed by atoms with Crippen LogP contribution >= 0.6 is 0 Å². The highest BCUT2D eigenvalue weighted by molar-refractivity contribution is 5.94. The van der Waals surface area contributed by atoms with Crippen LogP contribution in [0.2, 0.25) is 0 Å². The Morgan fingerprint density at radius 3 is 2.53 bits per heavy atom. The van der Waals surface area contributed by atoms with Crippen molar-refractivity contribution in [1.82, 2.24) is 20.2 Å². The largest absolute Gasteiger partial charge is 0.356 e. The third kappa shape index (κ3) is 5.94. The minimum atomic E-state index is 0.0160. The van der Waals surface area contributed by atoms with Crippen LogP contribution in [0.1, 0.15) is 85.3 Å². The van der Waals surface area contributed by atoms with Gasteiger partial charge in [0.15, 0.2) is 0 Å². The summed E-state index contributed by atoms with van der Waals surface area (Å²) < 4.78 is 0. The predicted octanol–water partition coefficient (Wildman–Crippen LogP) is 4.36. The number of nitrogens with one attached hydrogen (secondary N) is 1. The van der Waals surface area contributed by atoms with Gasteiger partial charge in [0, 0.05) is 58.5 Å². The number of fused-ring (bicyclic) bond motifs is 1. The Balaban J connectivity index is 1.17. The van der Waals surface area contributed by atoms with Crippen molar-refractivity contribution < 1.29 is 9.59 Å². The summed E-state index contributed by atoms with van der Waals surface area (Å²) in [5.74, 6) is 2.57. The lowest BCUT2D eigenvalue weighted by Gasteiger charge is -2.37. The molecule has 3 aliphatic rings. The zero-order valence-corrected chi connectivity index (χ0v) is 23.2. The monoisotopic (exact) mass is 518 g/mol. The quantitative estimate of drug-likeness (QED) is 0.559. The number of rotatable bonds is 8. The number of aryl methyl sites for hydroxylation is 1. The maximum Gasteiger partial charge on any atom is 0.253 e. The maximum absolute atomic E-state index is 13.5. The van der Waals surface area contributed by atoms with E-state index in [0.717, 1.165) is 62.5 Å². The molecule has 1 saturated carbocycles. The lowest BCUT2D eigenvalue weighted by Crippen LogP contribution is -2.46. The van der Waals surface area contributed by atoms with Crippen LogP contribution in [-0.4, -0.2) is 67.0 Å². The molecule has 2 fully saturated rings. The molecular weight excluding hydrogens is 476 g/mol. The zero-order valence-electron chi connectivity index (χ0n) is 23.2. The van der Waals surface area contributed by atoms with Crippen LogP contribution in [0.5, 0.6) is 0 Å². The molecule has 2 aliphatic carbocycles. The Labute approximate surface area is 226 Å². The number of hydrogen-bond donors (Lipinski definition) is 1. The molecule has 1 atom stereocenters. The second-order valence-electron chi connectivity index (χ2n) is 11.5. The van der Waals surface area contributed by atoms with Gasteiger partial charge in [-0.15, -0.1) is 0 Å². The van der Waals surface area contributed by atoms with Gasteiger partial charge in [-0.3, -0.25) is 9.59 Å². The number of carbonyl (C=O) groups is 2. The van der Waals surface area contributed by atoms with Crippen LogP contribution in [0, 0.1) is 5.92 Å². The van der Waals surface area contributed by atoms with Gasteiger partial charge < -0.3 is 20.0 Å². The average molecular weight is 519 g/mol. The first kappa shape index (κ1) is 26.4. The highest BCUT2D eigenvalue weighted by atomic mass is 16.2. The molecule has 0 bridgehead atoms. The SMILES string of the molecule is CN(C)c1nccc(N2CCC(N(C)C(=O)c3ccc4c(c3)C(NC(=O)CCC3CCCC3)CC4)CC2)n1. The standard InChI is InChI=1S/C30H42N6O2/c1-34(2)30-31-17-14-27(33-30)36-18-15-24(16-19-36)35(3)29(38)23-10-9-22-11-12-26(25(22)20-23)32-28(37)13-8-21-6-4-5-7-21/h9-10,14,17,20-21,24,26H,4-8,11-13,15-16,18-19H2,1-3H3,(H,32,37). The van der Waals surface area contributed by atoms with E-state index in [4.69, 9.17) is 0 Å². The molecule has 5 rings (SSSR count). The molecule has 2 heterocycles. The summed E-state index contributed by atoms with van der Waals surface area (Å²) in [7, 11) is 5.81. The normalized spacial score (nSPS) is 19.9. The van der Waals surface area contributed by atoms with E-state index in [2.05, 4.69) is 26.3 Å². The lowest BCUT2D eigenvalue weighted by molar-refractivity contribution is -0.122. The van der Waals surface area contributed by atoms with Crippen molar-refractivity contribution in [3.63, 3.8) is 0 Å². The first-order valence-corrected chi connectivity index (χ1v) is 14.3. The number of aromatic nitrogens is 2. The summed E-state index contributed by atoms with van der Waals surface area (Å²) in [6, 6.07) is 8.23. The van der Waals surface area contributed by atoms with Gasteiger partial charge in [-0.2, -0.15) is 4.98 Å². The van der Waals surface area contributed by atoms with E-state index in [0.29, 0.717) is 17.9 Å². The molecule has 1 aliphatic heterocycles. The molecule has 0 spiro atoms. The lowest BCUT2D eigenvalue weighted by atomic mass is 10.00. The molecule has 1 aromatic carbocycles. The van der Waals surface area contributed by atoms with Crippen molar-refractivity contribution in [3.05, 3.63) is 47.2 Å². The van der Waals surface area contributed by atoms with Crippen molar-refractivity contribution in [2.45, 2.75) is 76.3 Å². The van der Waals surface area contributed by atoms with Gasteiger partial charge in [0.25, 0.3) is 5.91 Å². The molecule has 2 amide bonds. The fourth-order valence-corrected chi connectivity index (χ4v) is 6.37. The summed E-state index contributed by atoms with van der Waals surface area (Å²) in [6.45, 7) is 1.70. The molecule has 1 unspecified atom stereocenters. The summed E-state index contributed by atoms with van der Waals surface area (Å²) >= 11 is 0. The topological polar surface area (TPSA) is 81.7 Å². The number of hydrogen-bond acceptors (Lipinski definition) is 6. The summed E-state index contributed by atoms with van der Waals surface area (Å²) in [5, 5.41) is 3.27. The number of amides is 2. The molecular formula is C30H42N6O2. The molecule has 1 saturated heterocycles. The Kier molecular flexibility index (Phi) is 8.15. The van der Waals surface area contributed by atoms with Gasteiger partial charge in [-0.1, -0.05) is 31.7 Å². The summed E-state index contributed by atoms with van der Waals surface area (Å²) in [6.07, 6.45) is 12.2. The van der Waals surface area contributed by atoms with Crippen LogP contribution in [-0.2, 0) is 11.2 Å². The Morgan fingerprint density at radius 1 is 1.03 bits per heavy atom. The highest BCUT2D eigenvalue weighted by Crippen LogP contribution is 2.33. The van der Waals surface area contributed by atoms with Gasteiger partial charge >= 0.3 is 0 Å². The van der Waals surface area contributed by atoms with E-state index in [1.165, 1.54) is 31.2 Å². The highest BCUT2D eigenvalue weighted by Gasteiger charge is 2.29. The van der Waals surface area contributed by atoms with E-state index >= 15 is 0 Å². The minimum absolute atomic E-state index is 0.0160. The van der Waals surface area contributed by atoms with Crippen LogP contribution in [0.4, 0.5) is 11.8 Å². The van der Waals surface area contributed by atoms with Crippen LogP contribution in [0.25, 0.3) is 0 Å². The third-order valence-electron chi connectivity index (χ3n) is 8.74. The molecule has 8 nitrogen and oxygen atoms in total. The molecule has 38 heavy (non-hydrogen) atoms. The first-order valence-electron chi connectivity index (χ1n) is 14.3. The molecule has 204 valence electrons. The minimum Gasteiger partial charge on any atom is -0.356 e. The average Bonchev–Trinajstić information content (AvgIpc) is 3.61. The van der Waals surface area contributed by atoms with Crippen molar-refractivity contribution in [1.29, 1.82) is 0 Å². The molecule has 8 heteroatoms. The second kappa shape index (κ2) is 11.7. The van der Waals surface area contributed by atoms with Gasteiger partial charge in [-0.05, 0) is 67.3 Å². The number of benzene rings is 1. The van der Waals surface area contributed by atoms with Crippen LogP contribution in [0.15, 0.2) is 30.5 Å².